The molecule has 3 nitrogen and oxygen atoms in total. The molecule has 0 bridgehead atoms. The zero-order valence-electron chi connectivity index (χ0n) is 36.6. The van der Waals surface area contributed by atoms with Gasteiger partial charge < -0.3 is 13.9 Å². The third-order valence-corrected chi connectivity index (χ3v) is 13.4. The van der Waals surface area contributed by atoms with Gasteiger partial charge in [-0.3, -0.25) is 0 Å². The Morgan fingerprint density at radius 3 is 1.58 bits per heavy atom. The van der Waals surface area contributed by atoms with Crippen LogP contribution in [0.15, 0.2) is 259 Å². The lowest BCUT2D eigenvalue weighted by Gasteiger charge is -2.28. The van der Waals surface area contributed by atoms with E-state index < -0.39 is 0 Å². The molecule has 0 spiro atoms. The number of fused-ring (bicyclic) bond motifs is 7. The molecule has 0 amide bonds. The van der Waals surface area contributed by atoms with Crippen molar-refractivity contribution in [3.05, 3.63) is 255 Å². The Bertz CT molecular complexity index is 3930. The molecule has 2 aromatic heterocycles. The van der Waals surface area contributed by atoms with Gasteiger partial charge in [0.05, 0.1) is 16.7 Å². The van der Waals surface area contributed by atoms with E-state index in [1.54, 1.807) is 0 Å². The average molecular weight is 855 g/mol. The monoisotopic (exact) mass is 854 g/mol. The second-order valence-corrected chi connectivity index (χ2v) is 17.3. The van der Waals surface area contributed by atoms with Crippen LogP contribution >= 0.6 is 0 Å². The predicted molar refractivity (Wildman–Crippen MR) is 282 cm³/mol. The number of anilines is 3. The minimum absolute atomic E-state index is 0.879. The first-order valence-electron chi connectivity index (χ1n) is 22.9. The molecule has 0 saturated heterocycles. The molecule has 67 heavy (non-hydrogen) atoms. The second-order valence-electron chi connectivity index (χ2n) is 17.3. The molecular weight excluding hydrogens is 813 g/mol. The van der Waals surface area contributed by atoms with Crippen molar-refractivity contribution in [3.63, 3.8) is 0 Å². The van der Waals surface area contributed by atoms with Crippen LogP contribution in [0.2, 0.25) is 0 Å². The molecule has 3 heteroatoms. The highest BCUT2D eigenvalue weighted by molar-refractivity contribution is 6.14. The quantitative estimate of drug-likeness (QED) is 0.152. The molecule has 0 unspecified atom stereocenters. The number of benzene rings is 11. The van der Waals surface area contributed by atoms with Crippen LogP contribution in [0, 0.1) is 0 Å². The van der Waals surface area contributed by atoms with E-state index in [9.17, 15) is 0 Å². The largest absolute Gasteiger partial charge is 0.456 e. The Labute approximate surface area is 388 Å². The van der Waals surface area contributed by atoms with Crippen LogP contribution in [-0.2, 0) is 0 Å². The van der Waals surface area contributed by atoms with Gasteiger partial charge in [-0.15, -0.1) is 0 Å². The number of aromatic nitrogens is 1. The number of rotatable bonds is 8. The van der Waals surface area contributed by atoms with Gasteiger partial charge in [-0.25, -0.2) is 0 Å². The lowest BCUT2D eigenvalue weighted by molar-refractivity contribution is 0.669. The smallest absolute Gasteiger partial charge is 0.136 e. The maximum absolute atomic E-state index is 6.40. The van der Waals surface area contributed by atoms with Crippen LogP contribution in [0.25, 0.3) is 105 Å². The van der Waals surface area contributed by atoms with Gasteiger partial charge in [-0.2, -0.15) is 0 Å². The predicted octanol–water partition coefficient (Wildman–Crippen LogP) is 18.0. The molecule has 0 aliphatic heterocycles. The molecule has 0 atom stereocenters. The van der Waals surface area contributed by atoms with E-state index in [1.165, 1.54) is 54.8 Å². The number of furan rings is 1. The highest BCUT2D eigenvalue weighted by atomic mass is 16.3. The van der Waals surface area contributed by atoms with Crippen LogP contribution in [0.5, 0.6) is 0 Å². The van der Waals surface area contributed by atoms with Gasteiger partial charge in [0, 0.05) is 44.2 Å². The van der Waals surface area contributed by atoms with Gasteiger partial charge >= 0.3 is 0 Å². The molecule has 11 aromatic carbocycles. The Morgan fingerprint density at radius 1 is 0.313 bits per heavy atom. The Morgan fingerprint density at radius 2 is 0.821 bits per heavy atom. The first-order valence-corrected chi connectivity index (χ1v) is 22.9. The molecule has 314 valence electrons. The number of hydrogen-bond acceptors (Lipinski definition) is 2. The standard InChI is InChI=1S/C64H42N2O/c1-2-21-52-44(15-1)16-13-26-53(52)45-35-39-50(40-36-45)65(59-28-7-5-24-56(59)57-27-14-32-63-64(57)58-25-6-10-31-62(58)67-63)49-37-33-43(34-38-49)46-17-11-18-47(41-46)48-19-12-20-51(42-48)66-60-29-8-3-22-54(60)55-23-4-9-30-61(55)66/h1-42H. The molecule has 0 aliphatic rings. The van der Waals surface area contributed by atoms with Gasteiger partial charge in [0.1, 0.15) is 11.2 Å². The topological polar surface area (TPSA) is 21.3 Å². The molecule has 13 rings (SSSR count). The van der Waals surface area contributed by atoms with Gasteiger partial charge in [-0.1, -0.05) is 182 Å². The molecule has 0 aliphatic carbocycles. The number of hydrogen-bond donors (Lipinski definition) is 0. The fraction of sp³-hybridized carbons (Fsp3) is 0. The van der Waals surface area contributed by atoms with Crippen molar-refractivity contribution in [1.29, 1.82) is 0 Å². The summed E-state index contributed by atoms with van der Waals surface area (Å²) in [6.45, 7) is 0. The van der Waals surface area contributed by atoms with Crippen molar-refractivity contribution < 1.29 is 4.42 Å². The summed E-state index contributed by atoms with van der Waals surface area (Å²) in [5, 5.41) is 7.23. The summed E-state index contributed by atoms with van der Waals surface area (Å²) in [6.07, 6.45) is 0. The minimum Gasteiger partial charge on any atom is -0.456 e. The summed E-state index contributed by atoms with van der Waals surface area (Å²) in [5.41, 5.74) is 17.9. The van der Waals surface area contributed by atoms with Gasteiger partial charge in [-0.05, 0) is 123 Å². The molecule has 0 saturated carbocycles. The molecule has 13 aromatic rings. The summed E-state index contributed by atoms with van der Waals surface area (Å²) in [6, 6.07) is 91.9. The highest BCUT2D eigenvalue weighted by Crippen LogP contribution is 2.46. The lowest BCUT2D eigenvalue weighted by atomic mass is 9.96. The average Bonchev–Trinajstić information content (AvgIpc) is 3.96. The number of para-hydroxylation sites is 4. The summed E-state index contributed by atoms with van der Waals surface area (Å²) in [5.74, 6) is 0. The Balaban J connectivity index is 0.904. The first kappa shape index (κ1) is 38.5. The third-order valence-electron chi connectivity index (χ3n) is 13.4. The van der Waals surface area contributed by atoms with Crippen molar-refractivity contribution in [2.24, 2.45) is 0 Å². The van der Waals surface area contributed by atoms with Crippen LogP contribution in [0.3, 0.4) is 0 Å². The summed E-state index contributed by atoms with van der Waals surface area (Å²) in [7, 11) is 0. The van der Waals surface area contributed by atoms with E-state index in [0.717, 1.165) is 66.9 Å². The second kappa shape index (κ2) is 16.0. The van der Waals surface area contributed by atoms with E-state index in [2.05, 4.69) is 258 Å². The molecular formula is C64H42N2O. The van der Waals surface area contributed by atoms with Crippen molar-refractivity contribution in [1.82, 2.24) is 4.57 Å². The maximum Gasteiger partial charge on any atom is 0.136 e. The van der Waals surface area contributed by atoms with E-state index in [-0.39, 0.29) is 0 Å². The van der Waals surface area contributed by atoms with Gasteiger partial charge in [0.25, 0.3) is 0 Å². The first-order chi connectivity index (χ1) is 33.2. The normalized spacial score (nSPS) is 11.6. The SMILES string of the molecule is c1cc(-c2ccc(N(c3ccc(-c4cccc5ccccc45)cc3)c3ccccc3-c3cccc4oc5ccccc5c34)cc2)cc(-c2cccc(-n3c4ccccc4c4ccccc43)c2)c1. The fourth-order valence-electron chi connectivity index (χ4n) is 10.3. The van der Waals surface area contributed by atoms with Crippen LogP contribution in [-0.4, -0.2) is 4.57 Å². The zero-order chi connectivity index (χ0) is 44.3. The van der Waals surface area contributed by atoms with Crippen molar-refractivity contribution >= 4 is 71.6 Å². The zero-order valence-corrected chi connectivity index (χ0v) is 36.6. The van der Waals surface area contributed by atoms with Crippen molar-refractivity contribution in [2.75, 3.05) is 4.90 Å². The van der Waals surface area contributed by atoms with Gasteiger partial charge in [0.2, 0.25) is 0 Å². The molecule has 0 fully saturated rings. The number of nitrogens with zero attached hydrogens (tertiary/aromatic N) is 2. The van der Waals surface area contributed by atoms with E-state index in [0.29, 0.717) is 0 Å². The minimum atomic E-state index is 0.879. The third kappa shape index (κ3) is 6.59. The summed E-state index contributed by atoms with van der Waals surface area (Å²) < 4.78 is 8.79. The van der Waals surface area contributed by atoms with Crippen LogP contribution in [0.1, 0.15) is 0 Å². The van der Waals surface area contributed by atoms with Gasteiger partial charge in [0.15, 0.2) is 0 Å². The maximum atomic E-state index is 6.40. The fourth-order valence-corrected chi connectivity index (χ4v) is 10.3. The lowest BCUT2D eigenvalue weighted by Crippen LogP contribution is -2.11. The Hall–Kier alpha value is -8.92. The summed E-state index contributed by atoms with van der Waals surface area (Å²) in [4.78, 5) is 2.39. The van der Waals surface area contributed by atoms with Crippen LogP contribution in [0.4, 0.5) is 17.1 Å². The Kier molecular flexibility index (Phi) is 9.17. The van der Waals surface area contributed by atoms with Crippen LogP contribution < -0.4 is 4.90 Å². The van der Waals surface area contributed by atoms with Crippen molar-refractivity contribution in [3.8, 4) is 50.2 Å². The molecule has 0 N–H and O–H groups in total. The van der Waals surface area contributed by atoms with Crippen molar-refractivity contribution in [2.45, 2.75) is 0 Å². The van der Waals surface area contributed by atoms with E-state index >= 15 is 0 Å². The van der Waals surface area contributed by atoms with E-state index in [4.69, 9.17) is 4.42 Å². The van der Waals surface area contributed by atoms with E-state index in [1.807, 2.05) is 6.07 Å². The molecule has 0 radical (unpaired) electrons. The highest BCUT2D eigenvalue weighted by Gasteiger charge is 2.21. The summed E-state index contributed by atoms with van der Waals surface area (Å²) >= 11 is 0. The molecule has 2 heterocycles.